The Morgan fingerprint density at radius 1 is 1.22 bits per heavy atom. The minimum Gasteiger partial charge on any atom is -0.352 e. The first kappa shape index (κ1) is 19.4. The van der Waals surface area contributed by atoms with Crippen molar-refractivity contribution >= 4 is 15.9 Å². The third kappa shape index (κ3) is 4.48. The van der Waals surface area contributed by atoms with E-state index in [-0.39, 0.29) is 24.9 Å². The molecule has 3 rings (SSSR count). The first-order valence-electron chi connectivity index (χ1n) is 8.50. The van der Waals surface area contributed by atoms with Gasteiger partial charge in [-0.2, -0.15) is 4.31 Å². The van der Waals surface area contributed by atoms with Gasteiger partial charge in [0.1, 0.15) is 16.5 Å². The number of nitrogens with zero attached hydrogens (tertiary/aromatic N) is 2. The van der Waals surface area contributed by atoms with E-state index >= 15 is 0 Å². The minimum absolute atomic E-state index is 0.0727. The maximum atomic E-state index is 13.8. The summed E-state index contributed by atoms with van der Waals surface area (Å²) in [6.07, 6.45) is 3.93. The molecular formula is C18H19F2N3O3S. The molecule has 1 aliphatic heterocycles. The predicted octanol–water partition coefficient (Wildman–Crippen LogP) is 2.08. The smallest absolute Gasteiger partial charge is 0.246 e. The summed E-state index contributed by atoms with van der Waals surface area (Å²) in [4.78, 5) is 15.6. The highest BCUT2D eigenvalue weighted by molar-refractivity contribution is 7.89. The van der Waals surface area contributed by atoms with Crippen LogP contribution in [0.5, 0.6) is 0 Å². The summed E-state index contributed by atoms with van der Waals surface area (Å²) in [5.74, 6) is -2.30. The number of hydrogen-bond acceptors (Lipinski definition) is 4. The van der Waals surface area contributed by atoms with Gasteiger partial charge in [0.25, 0.3) is 0 Å². The number of piperidine rings is 1. The number of hydrogen-bond donors (Lipinski definition) is 1. The molecule has 0 radical (unpaired) electrons. The van der Waals surface area contributed by atoms with Crippen LogP contribution in [-0.2, 0) is 21.4 Å². The van der Waals surface area contributed by atoms with Crippen molar-refractivity contribution in [3.8, 4) is 0 Å². The summed E-state index contributed by atoms with van der Waals surface area (Å²) in [5.41, 5.74) is 0.868. The highest BCUT2D eigenvalue weighted by Crippen LogP contribution is 2.26. The molecule has 1 aromatic carbocycles. The summed E-state index contributed by atoms with van der Waals surface area (Å²) in [7, 11) is -4.14. The molecule has 0 unspecified atom stereocenters. The van der Waals surface area contributed by atoms with E-state index in [4.69, 9.17) is 0 Å². The summed E-state index contributed by atoms with van der Waals surface area (Å²) in [6, 6.07) is 5.96. The van der Waals surface area contributed by atoms with Gasteiger partial charge in [-0.25, -0.2) is 17.2 Å². The van der Waals surface area contributed by atoms with E-state index in [1.807, 2.05) is 6.07 Å². The van der Waals surface area contributed by atoms with E-state index in [0.29, 0.717) is 25.5 Å². The largest absolute Gasteiger partial charge is 0.352 e. The molecule has 144 valence electrons. The van der Waals surface area contributed by atoms with Crippen molar-refractivity contribution in [1.29, 1.82) is 0 Å². The number of halogens is 2. The molecule has 0 spiro atoms. The summed E-state index contributed by atoms with van der Waals surface area (Å²) in [6.45, 7) is 0.492. The Labute approximate surface area is 156 Å². The number of amides is 1. The molecule has 1 aromatic heterocycles. The van der Waals surface area contributed by atoms with Gasteiger partial charge in [0.2, 0.25) is 15.9 Å². The van der Waals surface area contributed by atoms with Crippen molar-refractivity contribution in [1.82, 2.24) is 14.6 Å². The van der Waals surface area contributed by atoms with Crippen LogP contribution in [0.3, 0.4) is 0 Å². The van der Waals surface area contributed by atoms with Crippen LogP contribution in [0, 0.1) is 17.6 Å². The first-order chi connectivity index (χ1) is 12.9. The molecule has 2 aromatic rings. The van der Waals surface area contributed by atoms with Crippen molar-refractivity contribution in [3.63, 3.8) is 0 Å². The van der Waals surface area contributed by atoms with E-state index in [2.05, 4.69) is 10.3 Å². The van der Waals surface area contributed by atoms with Crippen LogP contribution >= 0.6 is 0 Å². The van der Waals surface area contributed by atoms with Gasteiger partial charge in [-0.15, -0.1) is 0 Å². The van der Waals surface area contributed by atoms with Crippen LogP contribution in [0.15, 0.2) is 47.6 Å². The van der Waals surface area contributed by atoms with Gasteiger partial charge in [-0.05, 0) is 42.7 Å². The van der Waals surface area contributed by atoms with Crippen LogP contribution < -0.4 is 5.32 Å². The lowest BCUT2D eigenvalue weighted by atomic mass is 9.97. The third-order valence-corrected chi connectivity index (χ3v) is 6.44. The van der Waals surface area contributed by atoms with Gasteiger partial charge in [-0.3, -0.25) is 9.78 Å². The zero-order valence-corrected chi connectivity index (χ0v) is 15.3. The summed E-state index contributed by atoms with van der Waals surface area (Å²) in [5, 5.41) is 2.81. The monoisotopic (exact) mass is 395 g/mol. The third-order valence-electron chi connectivity index (χ3n) is 4.53. The quantitative estimate of drug-likeness (QED) is 0.841. The molecule has 1 N–H and O–H groups in total. The van der Waals surface area contributed by atoms with Gasteiger partial charge >= 0.3 is 0 Å². The number of pyridine rings is 1. The lowest BCUT2D eigenvalue weighted by molar-refractivity contribution is -0.126. The highest BCUT2D eigenvalue weighted by atomic mass is 32.2. The normalized spacial score (nSPS) is 16.2. The maximum Gasteiger partial charge on any atom is 0.246 e. The van der Waals surface area contributed by atoms with E-state index in [1.54, 1.807) is 18.5 Å². The standard InChI is InChI=1S/C18H19F2N3O3S/c19-15-3-4-16(20)17(10-15)27(25,26)23-8-5-14(6-9-23)18(24)22-12-13-2-1-7-21-11-13/h1-4,7,10-11,14H,5-6,8-9,12H2,(H,22,24). The van der Waals surface area contributed by atoms with E-state index in [1.165, 1.54) is 0 Å². The number of aromatic nitrogens is 1. The van der Waals surface area contributed by atoms with Crippen LogP contribution in [0.1, 0.15) is 18.4 Å². The zero-order valence-electron chi connectivity index (χ0n) is 14.4. The molecule has 27 heavy (non-hydrogen) atoms. The number of rotatable bonds is 5. The van der Waals surface area contributed by atoms with E-state index < -0.39 is 26.6 Å². The Bertz CT molecular complexity index is 915. The molecular weight excluding hydrogens is 376 g/mol. The number of carbonyl (C=O) groups excluding carboxylic acids is 1. The molecule has 1 aliphatic rings. The Balaban J connectivity index is 1.59. The lowest BCUT2D eigenvalue weighted by Crippen LogP contribution is -2.43. The Kier molecular flexibility index (Phi) is 5.81. The average molecular weight is 395 g/mol. The molecule has 1 saturated heterocycles. The topological polar surface area (TPSA) is 79.4 Å². The maximum absolute atomic E-state index is 13.8. The summed E-state index contributed by atoms with van der Waals surface area (Å²) < 4.78 is 53.4. The molecule has 0 saturated carbocycles. The van der Waals surface area contributed by atoms with Crippen molar-refractivity contribution in [2.24, 2.45) is 5.92 Å². The predicted molar refractivity (Wildman–Crippen MR) is 93.9 cm³/mol. The molecule has 1 fully saturated rings. The SMILES string of the molecule is O=C(NCc1cccnc1)C1CCN(S(=O)(=O)c2cc(F)ccc2F)CC1. The molecule has 1 amide bonds. The second-order valence-electron chi connectivity index (χ2n) is 6.33. The first-order valence-corrected chi connectivity index (χ1v) is 9.94. The van der Waals surface area contributed by atoms with Crippen molar-refractivity contribution in [3.05, 3.63) is 59.9 Å². The van der Waals surface area contributed by atoms with Crippen molar-refractivity contribution in [2.75, 3.05) is 13.1 Å². The molecule has 0 atom stereocenters. The van der Waals surface area contributed by atoms with Gasteiger partial charge in [0.15, 0.2) is 0 Å². The fourth-order valence-corrected chi connectivity index (χ4v) is 4.55. The number of sulfonamides is 1. The van der Waals surface area contributed by atoms with Gasteiger partial charge in [0.05, 0.1) is 0 Å². The fourth-order valence-electron chi connectivity index (χ4n) is 3.01. The van der Waals surface area contributed by atoms with Crippen LogP contribution in [0.4, 0.5) is 8.78 Å². The van der Waals surface area contributed by atoms with Crippen molar-refractivity contribution < 1.29 is 22.0 Å². The summed E-state index contributed by atoms with van der Waals surface area (Å²) >= 11 is 0. The molecule has 6 nitrogen and oxygen atoms in total. The Morgan fingerprint density at radius 3 is 2.63 bits per heavy atom. The molecule has 2 heterocycles. The molecule has 0 aliphatic carbocycles. The Morgan fingerprint density at radius 2 is 1.96 bits per heavy atom. The zero-order chi connectivity index (χ0) is 19.4. The van der Waals surface area contributed by atoms with Gasteiger partial charge in [-0.1, -0.05) is 6.07 Å². The second kappa shape index (κ2) is 8.10. The van der Waals surface area contributed by atoms with Crippen LogP contribution in [-0.4, -0.2) is 36.7 Å². The Hall–Kier alpha value is -2.39. The van der Waals surface area contributed by atoms with Gasteiger partial charge in [0, 0.05) is 37.9 Å². The van der Waals surface area contributed by atoms with E-state index in [0.717, 1.165) is 22.0 Å². The number of nitrogens with one attached hydrogen (secondary N) is 1. The lowest BCUT2D eigenvalue weighted by Gasteiger charge is -2.30. The van der Waals surface area contributed by atoms with Crippen LogP contribution in [0.2, 0.25) is 0 Å². The number of carbonyl (C=O) groups is 1. The van der Waals surface area contributed by atoms with E-state index in [9.17, 15) is 22.0 Å². The average Bonchev–Trinajstić information content (AvgIpc) is 2.68. The fraction of sp³-hybridized carbons (Fsp3) is 0.333. The minimum atomic E-state index is -4.14. The van der Waals surface area contributed by atoms with Gasteiger partial charge < -0.3 is 5.32 Å². The molecule has 9 heteroatoms. The van der Waals surface area contributed by atoms with Crippen molar-refractivity contribution in [2.45, 2.75) is 24.3 Å². The second-order valence-corrected chi connectivity index (χ2v) is 8.24. The molecule has 0 bridgehead atoms. The number of benzene rings is 1. The highest BCUT2D eigenvalue weighted by Gasteiger charge is 2.33. The van der Waals surface area contributed by atoms with Crippen LogP contribution in [0.25, 0.3) is 0 Å².